The molecule has 2 aliphatic rings. The highest BCUT2D eigenvalue weighted by molar-refractivity contribution is 7.93. The number of nitrogens with one attached hydrogen (secondary N) is 4. The minimum absolute atomic E-state index is 0.0638. The van der Waals surface area contributed by atoms with Crippen molar-refractivity contribution >= 4 is 43.1 Å². The summed E-state index contributed by atoms with van der Waals surface area (Å²) in [5, 5.41) is 6.34. The number of hydrogen-bond donors (Lipinski definition) is 4. The molecule has 43 heavy (non-hydrogen) atoms. The lowest BCUT2D eigenvalue weighted by Gasteiger charge is -2.12. The molecule has 4 aromatic rings. The fourth-order valence-corrected chi connectivity index (χ4v) is 6.68. The Balaban J connectivity index is 1.09. The zero-order valence-electron chi connectivity index (χ0n) is 22.8. The van der Waals surface area contributed by atoms with Gasteiger partial charge in [-0.3, -0.25) is 19.4 Å². The molecular weight excluding hydrogens is 589 g/mol. The second-order valence-corrected chi connectivity index (χ2v) is 13.1. The summed E-state index contributed by atoms with van der Waals surface area (Å²) in [5.74, 6) is 2.25. The lowest BCUT2D eigenvalue weighted by atomic mass is 10.2. The summed E-state index contributed by atoms with van der Waals surface area (Å²) in [4.78, 5) is 8.87. The maximum atomic E-state index is 13.0. The van der Waals surface area contributed by atoms with Crippen LogP contribution in [0.15, 0.2) is 117 Å². The van der Waals surface area contributed by atoms with Gasteiger partial charge in [-0.15, -0.1) is 0 Å². The Morgan fingerprint density at radius 3 is 1.37 bits per heavy atom. The zero-order valence-corrected chi connectivity index (χ0v) is 24.5. The molecule has 0 saturated carbocycles. The van der Waals surface area contributed by atoms with Crippen LogP contribution in [0.5, 0.6) is 11.5 Å². The zero-order chi connectivity index (χ0) is 29.9. The average molecular weight is 617 g/mol. The van der Waals surface area contributed by atoms with Crippen molar-refractivity contribution in [2.75, 3.05) is 35.6 Å². The van der Waals surface area contributed by atoms with Gasteiger partial charge >= 0.3 is 0 Å². The number of hydrogen-bond acceptors (Lipinski definition) is 9. The van der Waals surface area contributed by atoms with Crippen molar-refractivity contribution in [2.24, 2.45) is 9.98 Å². The molecule has 0 aromatic heterocycles. The van der Waals surface area contributed by atoms with Crippen molar-refractivity contribution in [3.8, 4) is 11.5 Å². The first-order valence-corrected chi connectivity index (χ1v) is 16.4. The molecule has 4 N–H and O–H groups in total. The van der Waals surface area contributed by atoms with Crippen LogP contribution in [0.2, 0.25) is 0 Å². The molecule has 11 nitrogen and oxygen atoms in total. The number of ether oxygens (including phenoxy) is 1. The van der Waals surface area contributed by atoms with Crippen molar-refractivity contribution < 1.29 is 21.6 Å². The van der Waals surface area contributed by atoms with Gasteiger partial charge in [0, 0.05) is 35.6 Å². The van der Waals surface area contributed by atoms with Gasteiger partial charge in [0.25, 0.3) is 20.0 Å². The number of amidine groups is 2. The maximum absolute atomic E-state index is 13.0. The molecule has 0 spiro atoms. The van der Waals surface area contributed by atoms with Crippen LogP contribution >= 0.6 is 0 Å². The van der Waals surface area contributed by atoms with E-state index in [4.69, 9.17) is 4.74 Å². The first-order valence-electron chi connectivity index (χ1n) is 13.5. The minimum Gasteiger partial charge on any atom is -0.457 e. The van der Waals surface area contributed by atoms with Gasteiger partial charge in [-0.05, 0) is 72.8 Å². The number of aliphatic imine (C=N–C) groups is 2. The molecular formula is C30H28N6O5S2. The van der Waals surface area contributed by atoms with E-state index in [1.807, 2.05) is 12.1 Å². The summed E-state index contributed by atoms with van der Waals surface area (Å²) in [6, 6.07) is 25.9. The average Bonchev–Trinajstić information content (AvgIpc) is 3.73. The van der Waals surface area contributed by atoms with Crippen molar-refractivity contribution in [1.29, 1.82) is 0 Å². The van der Waals surface area contributed by atoms with E-state index >= 15 is 0 Å². The Kier molecular flexibility index (Phi) is 7.74. The van der Waals surface area contributed by atoms with E-state index in [1.165, 1.54) is 48.5 Å². The Hall–Kier alpha value is -4.88. The van der Waals surface area contributed by atoms with Gasteiger partial charge < -0.3 is 15.4 Å². The summed E-state index contributed by atoms with van der Waals surface area (Å²) < 4.78 is 63.0. The SMILES string of the molecule is O=S(=O)(Nc1cccc(C2=NCCN2)c1)c1ccc(Oc2ccc(S(=O)(=O)Nc3cccc(C4=NCCN4)c3)cc2)cc1. The summed E-state index contributed by atoms with van der Waals surface area (Å²) >= 11 is 0. The molecule has 6 rings (SSSR count). The van der Waals surface area contributed by atoms with Crippen LogP contribution in [0, 0.1) is 0 Å². The molecule has 0 bridgehead atoms. The largest absolute Gasteiger partial charge is 0.457 e. The third-order valence-corrected chi connectivity index (χ3v) is 9.42. The van der Waals surface area contributed by atoms with Gasteiger partial charge in [-0.1, -0.05) is 24.3 Å². The minimum atomic E-state index is -3.85. The van der Waals surface area contributed by atoms with E-state index in [2.05, 4.69) is 30.1 Å². The van der Waals surface area contributed by atoms with Crippen LogP contribution in [0.4, 0.5) is 11.4 Å². The lowest BCUT2D eigenvalue weighted by Crippen LogP contribution is -2.20. The van der Waals surface area contributed by atoms with Crippen LogP contribution in [0.25, 0.3) is 0 Å². The molecule has 13 heteroatoms. The summed E-state index contributed by atoms with van der Waals surface area (Å²) in [7, 11) is -7.70. The number of sulfonamides is 2. The van der Waals surface area contributed by atoms with Crippen molar-refractivity contribution in [1.82, 2.24) is 10.6 Å². The van der Waals surface area contributed by atoms with Crippen molar-refractivity contribution in [3.05, 3.63) is 108 Å². The highest BCUT2D eigenvalue weighted by atomic mass is 32.2. The van der Waals surface area contributed by atoms with E-state index in [0.717, 1.165) is 35.9 Å². The highest BCUT2D eigenvalue weighted by Gasteiger charge is 2.18. The Labute approximate surface area is 249 Å². The van der Waals surface area contributed by atoms with Crippen LogP contribution in [0.1, 0.15) is 11.1 Å². The normalized spacial score (nSPS) is 14.7. The van der Waals surface area contributed by atoms with Gasteiger partial charge in [-0.25, -0.2) is 16.8 Å². The lowest BCUT2D eigenvalue weighted by molar-refractivity contribution is 0.481. The second kappa shape index (κ2) is 11.8. The predicted molar refractivity (Wildman–Crippen MR) is 166 cm³/mol. The van der Waals surface area contributed by atoms with Gasteiger partial charge in [0.1, 0.15) is 23.2 Å². The molecule has 0 aliphatic carbocycles. The maximum Gasteiger partial charge on any atom is 0.261 e. The van der Waals surface area contributed by atoms with E-state index < -0.39 is 20.0 Å². The Morgan fingerprint density at radius 1 is 0.581 bits per heavy atom. The smallest absolute Gasteiger partial charge is 0.261 e. The molecule has 0 saturated heterocycles. The quantitative estimate of drug-likeness (QED) is 0.212. The van der Waals surface area contributed by atoms with E-state index in [0.29, 0.717) is 36.0 Å². The molecule has 0 atom stereocenters. The summed E-state index contributed by atoms with van der Waals surface area (Å²) in [6.07, 6.45) is 0. The highest BCUT2D eigenvalue weighted by Crippen LogP contribution is 2.26. The molecule has 0 unspecified atom stereocenters. The van der Waals surface area contributed by atoms with Gasteiger partial charge in [0.2, 0.25) is 0 Å². The fraction of sp³-hybridized carbons (Fsp3) is 0.133. The van der Waals surface area contributed by atoms with Crippen LogP contribution in [0.3, 0.4) is 0 Å². The molecule has 0 amide bonds. The number of benzene rings is 4. The molecule has 0 fully saturated rings. The molecule has 4 aromatic carbocycles. The predicted octanol–water partition coefficient (Wildman–Crippen LogP) is 3.78. The van der Waals surface area contributed by atoms with E-state index in [1.54, 1.807) is 36.4 Å². The van der Waals surface area contributed by atoms with Crippen LogP contribution < -0.4 is 24.8 Å². The second-order valence-electron chi connectivity index (χ2n) is 9.73. The summed E-state index contributed by atoms with van der Waals surface area (Å²) in [6.45, 7) is 2.88. The van der Waals surface area contributed by atoms with Crippen molar-refractivity contribution in [3.63, 3.8) is 0 Å². The third kappa shape index (κ3) is 6.63. The van der Waals surface area contributed by atoms with Crippen LogP contribution in [-0.2, 0) is 20.0 Å². The van der Waals surface area contributed by atoms with Crippen LogP contribution in [-0.4, -0.2) is 54.7 Å². The van der Waals surface area contributed by atoms with Gasteiger partial charge in [0.05, 0.1) is 22.9 Å². The van der Waals surface area contributed by atoms with Gasteiger partial charge in [-0.2, -0.15) is 0 Å². The fourth-order valence-electron chi connectivity index (χ4n) is 4.58. The topological polar surface area (TPSA) is 150 Å². The standard InChI is InChI=1S/C30H28N6O5S2/c37-42(38,35-23-5-1-3-21(19-23)29-31-15-16-32-29)27-11-7-25(8-12-27)41-26-9-13-28(14-10-26)43(39,40)36-24-6-2-4-22(20-24)30-33-17-18-34-30/h1-14,19-20,35-36H,15-18H2,(H,31,32)(H,33,34). The monoisotopic (exact) mass is 616 g/mol. The molecule has 2 heterocycles. The van der Waals surface area contributed by atoms with Crippen molar-refractivity contribution in [2.45, 2.75) is 9.79 Å². The molecule has 220 valence electrons. The Morgan fingerprint density at radius 2 is 1.00 bits per heavy atom. The molecule has 0 radical (unpaired) electrons. The van der Waals surface area contributed by atoms with E-state index in [-0.39, 0.29) is 9.79 Å². The van der Waals surface area contributed by atoms with E-state index in [9.17, 15) is 16.8 Å². The van der Waals surface area contributed by atoms with Gasteiger partial charge in [0.15, 0.2) is 0 Å². The first kappa shape index (κ1) is 28.2. The third-order valence-electron chi connectivity index (χ3n) is 6.63. The first-order chi connectivity index (χ1) is 20.7. The molecule has 2 aliphatic heterocycles. The summed E-state index contributed by atoms with van der Waals surface area (Å²) in [5.41, 5.74) is 2.45. The number of rotatable bonds is 10. The number of nitrogens with zero attached hydrogens (tertiary/aromatic N) is 2. The Bertz CT molecular complexity index is 1780. The number of anilines is 2.